The Morgan fingerprint density at radius 1 is 1.15 bits per heavy atom. The van der Waals surface area contributed by atoms with Crippen LogP contribution in [0.1, 0.15) is 61.2 Å². The van der Waals surface area contributed by atoms with E-state index in [1.807, 2.05) is 4.72 Å². The summed E-state index contributed by atoms with van der Waals surface area (Å²) < 4.78 is 76.7. The van der Waals surface area contributed by atoms with Gasteiger partial charge in [-0.3, -0.25) is 9.36 Å². The number of halogens is 4. The molecule has 0 spiro atoms. The highest BCUT2D eigenvalue weighted by atomic mass is 35.5. The van der Waals surface area contributed by atoms with Crippen molar-refractivity contribution in [3.63, 3.8) is 0 Å². The summed E-state index contributed by atoms with van der Waals surface area (Å²) in [5.41, 5.74) is -1.11. The first-order chi connectivity index (χ1) is 21.4. The Balaban J connectivity index is 1.49. The molecule has 1 amide bonds. The van der Waals surface area contributed by atoms with Crippen molar-refractivity contribution in [1.82, 2.24) is 13.6 Å². The lowest BCUT2D eigenvalue weighted by atomic mass is 9.96. The summed E-state index contributed by atoms with van der Waals surface area (Å²) in [6.07, 6.45) is -4.44. The number of alkyl halides is 3. The summed E-state index contributed by atoms with van der Waals surface area (Å²) in [5, 5.41) is 20.2. The van der Waals surface area contributed by atoms with Crippen LogP contribution in [0.2, 0.25) is 5.02 Å². The number of nitrogens with zero attached hydrogens (tertiary/aromatic N) is 4. The second kappa shape index (κ2) is 12.5. The third kappa shape index (κ3) is 7.29. The number of benzene rings is 2. The van der Waals surface area contributed by atoms with Crippen molar-refractivity contribution in [2.24, 2.45) is 10.2 Å². The van der Waals surface area contributed by atoms with Gasteiger partial charge in [0.2, 0.25) is 5.88 Å². The molecule has 0 bridgehead atoms. The summed E-state index contributed by atoms with van der Waals surface area (Å²) in [4.78, 5) is 24.9. The fraction of sp³-hybridized carbons (Fsp3) is 0.379. The van der Waals surface area contributed by atoms with E-state index in [4.69, 9.17) is 16.3 Å². The number of hydrogen-bond donors (Lipinski definition) is 2. The fourth-order valence-corrected chi connectivity index (χ4v) is 7.52. The summed E-state index contributed by atoms with van der Waals surface area (Å²) in [5.74, 6) is -0.445. The molecular weight excluding hydrogens is 671 g/mol. The number of ether oxygens (including phenoxy) is 1. The fourth-order valence-electron chi connectivity index (χ4n) is 5.27. The van der Waals surface area contributed by atoms with Crippen molar-refractivity contribution in [3.05, 3.63) is 83.2 Å². The van der Waals surface area contributed by atoms with E-state index in [0.717, 1.165) is 14.9 Å². The molecule has 17 heteroatoms. The van der Waals surface area contributed by atoms with Crippen LogP contribution >= 0.6 is 22.9 Å². The topological polar surface area (TPSA) is 143 Å². The number of amides is 1. The minimum atomic E-state index is -4.72. The van der Waals surface area contributed by atoms with Crippen molar-refractivity contribution in [2.45, 2.75) is 57.9 Å². The first-order valence-corrected chi connectivity index (χ1v) is 16.6. The van der Waals surface area contributed by atoms with Gasteiger partial charge in [-0.15, -0.1) is 0 Å². The van der Waals surface area contributed by atoms with Crippen molar-refractivity contribution < 1.29 is 36.2 Å². The molecule has 246 valence electrons. The summed E-state index contributed by atoms with van der Waals surface area (Å²) in [6.45, 7) is 4.61. The zero-order valence-electron chi connectivity index (χ0n) is 24.8. The highest BCUT2D eigenvalue weighted by molar-refractivity contribution is 7.87. The van der Waals surface area contributed by atoms with Crippen LogP contribution in [-0.2, 0) is 27.5 Å². The van der Waals surface area contributed by atoms with Crippen LogP contribution in [0.15, 0.2) is 51.4 Å². The molecule has 0 saturated carbocycles. The molecule has 0 unspecified atom stereocenters. The van der Waals surface area contributed by atoms with E-state index >= 15 is 0 Å². The van der Waals surface area contributed by atoms with E-state index in [1.54, 1.807) is 39.0 Å². The maximum Gasteiger partial charge on any atom is 0.422 e. The van der Waals surface area contributed by atoms with Gasteiger partial charge < -0.3 is 9.84 Å². The Morgan fingerprint density at radius 2 is 1.85 bits per heavy atom. The molecule has 11 nitrogen and oxygen atoms in total. The second-order valence-corrected chi connectivity index (χ2v) is 14.8. The van der Waals surface area contributed by atoms with Crippen molar-refractivity contribution in [2.75, 3.05) is 13.1 Å². The largest absolute Gasteiger partial charge is 0.493 e. The van der Waals surface area contributed by atoms with Crippen molar-refractivity contribution in [3.8, 4) is 5.88 Å². The molecule has 1 saturated heterocycles. The second-order valence-electron chi connectivity index (χ2n) is 11.7. The number of fused-ring (bicyclic) bond motifs is 1. The van der Waals surface area contributed by atoms with Crippen LogP contribution in [0.25, 0.3) is 5.57 Å². The molecule has 2 N–H and O–H groups in total. The van der Waals surface area contributed by atoms with E-state index in [1.165, 1.54) is 18.3 Å². The number of carbonyl (C=O) groups excluding carboxylic acids is 1. The van der Waals surface area contributed by atoms with Crippen LogP contribution in [0.4, 0.5) is 18.0 Å². The lowest BCUT2D eigenvalue weighted by molar-refractivity contribution is -0.138. The minimum absolute atomic E-state index is 0.0709. The van der Waals surface area contributed by atoms with Gasteiger partial charge in [-0.1, -0.05) is 35.1 Å². The first-order valence-electron chi connectivity index (χ1n) is 14.0. The zero-order chi connectivity index (χ0) is 33.6. The molecule has 3 aromatic rings. The molecule has 2 aliphatic heterocycles. The quantitative estimate of drug-likeness (QED) is 0.397. The maximum atomic E-state index is 14.0. The van der Waals surface area contributed by atoms with Gasteiger partial charge in [-0.2, -0.15) is 36.1 Å². The normalized spacial score (nSPS) is 16.6. The molecule has 0 radical (unpaired) electrons. The van der Waals surface area contributed by atoms with E-state index in [9.17, 15) is 36.3 Å². The predicted molar refractivity (Wildman–Crippen MR) is 166 cm³/mol. The molecule has 3 heterocycles. The summed E-state index contributed by atoms with van der Waals surface area (Å²) in [7, 11) is -4.25. The van der Waals surface area contributed by atoms with Crippen LogP contribution in [-0.4, -0.2) is 53.4 Å². The van der Waals surface area contributed by atoms with Gasteiger partial charge in [0.1, 0.15) is 5.60 Å². The number of rotatable bonds is 6. The standard InChI is InChI=1S/C29H29ClF3N5O6S2/c1-28(2,3)44-26(40)36-46(42,43)37-10-8-20(9-11-37)38-25(39)24(45-27(38)41)21(16-5-7-23-18(12-16)15-34-35-23)13-17-4-6-19(30)14-22(17)29(31,32)33/h4-7,12,14-15,20,39H,8-11,13H2,1-3H3,(H,36,40). The summed E-state index contributed by atoms with van der Waals surface area (Å²) >= 11 is 6.58. The Bertz CT molecular complexity index is 2010. The van der Waals surface area contributed by atoms with Crippen molar-refractivity contribution >= 4 is 51.0 Å². The Labute approximate surface area is 270 Å². The number of piperidine rings is 1. The highest BCUT2D eigenvalue weighted by Gasteiger charge is 2.36. The van der Waals surface area contributed by atoms with Gasteiger partial charge in [-0.05, 0) is 74.2 Å². The Hall–Kier alpha value is -3.73. The molecular formula is C29H29ClF3N5O6S2. The number of carbonyl (C=O) groups is 1. The lowest BCUT2D eigenvalue weighted by Crippen LogP contribution is -2.48. The third-order valence-electron chi connectivity index (χ3n) is 7.31. The van der Waals surface area contributed by atoms with Crippen LogP contribution in [0.5, 0.6) is 5.88 Å². The van der Waals surface area contributed by atoms with Gasteiger partial charge in [-0.25, -0.2) is 9.52 Å². The molecule has 1 fully saturated rings. The molecule has 0 aliphatic carbocycles. The van der Waals surface area contributed by atoms with Gasteiger partial charge in [0.05, 0.1) is 22.0 Å². The molecule has 1 aromatic heterocycles. The third-order valence-corrected chi connectivity index (χ3v) is 10.0. The SMILES string of the molecule is CC(C)(C)OC(=O)NS(=O)(=O)N1CCC(n2c(O)c(C(Cc3ccc(Cl)cc3C(F)(F)F)=c3ccc4c(c3)C=NN=4)sc2=O)CC1. The molecule has 5 rings (SSSR count). The molecule has 2 aliphatic rings. The molecule has 2 aromatic carbocycles. The smallest absolute Gasteiger partial charge is 0.422 e. The average Bonchev–Trinajstić information content (AvgIpc) is 3.53. The highest BCUT2D eigenvalue weighted by Crippen LogP contribution is 2.38. The number of aromatic hydroxyl groups is 1. The van der Waals surface area contributed by atoms with E-state index < -0.39 is 50.4 Å². The van der Waals surface area contributed by atoms with Gasteiger partial charge >= 0.3 is 27.4 Å². The first kappa shape index (κ1) is 33.6. The van der Waals surface area contributed by atoms with Crippen molar-refractivity contribution in [1.29, 1.82) is 0 Å². The van der Waals surface area contributed by atoms with E-state index in [2.05, 4.69) is 10.2 Å². The van der Waals surface area contributed by atoms with Crippen LogP contribution in [0.3, 0.4) is 0 Å². The molecule has 46 heavy (non-hydrogen) atoms. The van der Waals surface area contributed by atoms with Gasteiger partial charge in [0.25, 0.3) is 0 Å². The predicted octanol–water partition coefficient (Wildman–Crippen LogP) is 4.10. The number of thiazole rings is 1. The molecule has 0 atom stereocenters. The Morgan fingerprint density at radius 3 is 2.50 bits per heavy atom. The monoisotopic (exact) mass is 699 g/mol. The van der Waals surface area contributed by atoms with E-state index in [-0.39, 0.29) is 53.4 Å². The Kier molecular flexibility index (Phi) is 9.11. The maximum absolute atomic E-state index is 14.0. The number of aromatic nitrogens is 1. The van der Waals surface area contributed by atoms with Gasteiger partial charge in [0.15, 0.2) is 0 Å². The number of hydrogen-bond acceptors (Lipinski definition) is 9. The van der Waals surface area contributed by atoms with Gasteiger partial charge in [0, 0.05) is 36.1 Å². The zero-order valence-corrected chi connectivity index (χ0v) is 27.1. The minimum Gasteiger partial charge on any atom is -0.493 e. The number of nitrogens with one attached hydrogen (secondary N) is 1. The average molecular weight is 700 g/mol. The van der Waals surface area contributed by atoms with Crippen LogP contribution < -0.4 is 20.2 Å². The van der Waals surface area contributed by atoms with E-state index in [0.29, 0.717) is 27.5 Å². The summed E-state index contributed by atoms with van der Waals surface area (Å²) in [6, 6.07) is 7.74. The lowest BCUT2D eigenvalue weighted by Gasteiger charge is -2.31. The van der Waals surface area contributed by atoms with Crippen LogP contribution in [0, 0.1) is 0 Å².